The number of likely N-dealkylation sites (tertiary alicyclic amines) is 1. The van der Waals surface area contributed by atoms with E-state index in [0.29, 0.717) is 12.0 Å². The van der Waals surface area contributed by atoms with E-state index < -0.39 is 0 Å². The van der Waals surface area contributed by atoms with Crippen LogP contribution in [0.1, 0.15) is 84.0 Å². The molecule has 1 unspecified atom stereocenters. The van der Waals surface area contributed by atoms with Crippen molar-refractivity contribution in [1.29, 1.82) is 5.26 Å². The number of rotatable bonds is 7. The zero-order valence-electron chi connectivity index (χ0n) is 15.3. The van der Waals surface area contributed by atoms with Gasteiger partial charge in [0.25, 0.3) is 0 Å². The predicted octanol–water partition coefficient (Wildman–Crippen LogP) is 3.76. The Bertz CT molecular complexity index is 471. The third-order valence-electron chi connectivity index (χ3n) is 7.05. The summed E-state index contributed by atoms with van der Waals surface area (Å²) in [5.74, 6) is 0.124. The molecule has 3 saturated carbocycles. The van der Waals surface area contributed by atoms with Crippen LogP contribution in [0.4, 0.5) is 0 Å². The number of carbonyl (C=O) groups is 1. The number of nitrogens with zero attached hydrogens (tertiary/aromatic N) is 2. The average molecular weight is 332 g/mol. The number of carbonyl (C=O) groups excluding carboxylic acids is 1. The molecule has 4 nitrogen and oxygen atoms in total. The molecule has 24 heavy (non-hydrogen) atoms. The Morgan fingerprint density at radius 2 is 1.92 bits per heavy atom. The van der Waals surface area contributed by atoms with E-state index in [-0.39, 0.29) is 17.5 Å². The second kappa shape index (κ2) is 7.44. The summed E-state index contributed by atoms with van der Waals surface area (Å²) in [4.78, 5) is 14.3. The Labute approximate surface area is 147 Å². The summed E-state index contributed by atoms with van der Waals surface area (Å²) in [6, 6.07) is 2.08. The lowest BCUT2D eigenvalue weighted by atomic mass is 9.56. The van der Waals surface area contributed by atoms with Crippen LogP contribution in [0, 0.1) is 16.7 Å². The minimum Gasteiger partial charge on any atom is -0.326 e. The molecular formula is C20H33N3O. The summed E-state index contributed by atoms with van der Waals surface area (Å²) in [6.45, 7) is 3.45. The Morgan fingerprint density at radius 3 is 2.54 bits per heavy atom. The van der Waals surface area contributed by atoms with Crippen LogP contribution >= 0.6 is 0 Å². The van der Waals surface area contributed by atoms with Crippen LogP contribution in [0.25, 0.3) is 0 Å². The first-order valence-electron chi connectivity index (χ1n) is 10.1. The fourth-order valence-electron chi connectivity index (χ4n) is 5.22. The van der Waals surface area contributed by atoms with E-state index in [4.69, 9.17) is 5.26 Å². The number of amides is 1. The van der Waals surface area contributed by atoms with Gasteiger partial charge in [0.1, 0.15) is 6.04 Å². The van der Waals surface area contributed by atoms with Gasteiger partial charge >= 0.3 is 0 Å². The van der Waals surface area contributed by atoms with Crippen LogP contribution in [0.2, 0.25) is 0 Å². The van der Waals surface area contributed by atoms with Gasteiger partial charge in [-0.05, 0) is 63.2 Å². The number of nitriles is 1. The highest BCUT2D eigenvalue weighted by Crippen LogP contribution is 2.54. The molecule has 0 aromatic carbocycles. The van der Waals surface area contributed by atoms with E-state index >= 15 is 0 Å². The van der Waals surface area contributed by atoms with Crippen molar-refractivity contribution in [1.82, 2.24) is 10.2 Å². The highest BCUT2D eigenvalue weighted by Gasteiger charge is 2.48. The van der Waals surface area contributed by atoms with E-state index in [1.165, 1.54) is 64.2 Å². The fraction of sp³-hybridized carbons (Fsp3) is 0.900. The van der Waals surface area contributed by atoms with Gasteiger partial charge in [0, 0.05) is 12.1 Å². The van der Waals surface area contributed by atoms with Crippen molar-refractivity contribution >= 4 is 5.91 Å². The standard InChI is InChI=1S/C20H33N3O/c1-2-3-4-7-19-8-11-20(12-9-19,13-10-19)22-16-18(24)23-14-5-6-17(23)15-21/h17,22H,2-14,16H2,1H3. The first-order chi connectivity index (χ1) is 11.6. The average Bonchev–Trinajstić information content (AvgIpc) is 3.10. The van der Waals surface area contributed by atoms with Gasteiger partial charge in [0.15, 0.2) is 0 Å². The molecule has 1 heterocycles. The molecule has 0 spiro atoms. The van der Waals surface area contributed by atoms with Crippen molar-refractivity contribution in [2.45, 2.75) is 95.6 Å². The quantitative estimate of drug-likeness (QED) is 0.723. The summed E-state index contributed by atoms with van der Waals surface area (Å²) in [7, 11) is 0. The molecule has 0 aromatic rings. The Hall–Kier alpha value is -1.08. The van der Waals surface area contributed by atoms with E-state index in [0.717, 1.165) is 19.4 Å². The summed E-state index contributed by atoms with van der Waals surface area (Å²) in [5, 5.41) is 12.8. The number of hydrogen-bond acceptors (Lipinski definition) is 3. The molecule has 4 heteroatoms. The monoisotopic (exact) mass is 331 g/mol. The van der Waals surface area contributed by atoms with Gasteiger partial charge in [0.2, 0.25) is 5.91 Å². The molecule has 4 aliphatic rings. The van der Waals surface area contributed by atoms with Crippen LogP contribution in [0.3, 0.4) is 0 Å². The van der Waals surface area contributed by atoms with Gasteiger partial charge in [-0.1, -0.05) is 26.2 Å². The Kier molecular flexibility index (Phi) is 5.49. The lowest BCUT2D eigenvalue weighted by molar-refractivity contribution is -0.131. The van der Waals surface area contributed by atoms with Crippen molar-refractivity contribution in [3.63, 3.8) is 0 Å². The largest absolute Gasteiger partial charge is 0.326 e. The molecule has 3 aliphatic carbocycles. The highest BCUT2D eigenvalue weighted by molar-refractivity contribution is 5.79. The Balaban J connectivity index is 1.48. The third-order valence-corrected chi connectivity index (χ3v) is 7.05. The summed E-state index contributed by atoms with van der Waals surface area (Å²) in [6.07, 6.45) is 15.0. The maximum Gasteiger partial charge on any atom is 0.237 e. The molecule has 0 aromatic heterocycles. The minimum absolute atomic E-state index is 0.124. The van der Waals surface area contributed by atoms with Gasteiger partial charge in [-0.15, -0.1) is 0 Å². The molecule has 1 atom stereocenters. The third kappa shape index (κ3) is 3.61. The SMILES string of the molecule is CCCCCC12CCC(NCC(=O)N3CCCC3C#N)(CC1)CC2. The highest BCUT2D eigenvalue weighted by atomic mass is 16.2. The van der Waals surface area contributed by atoms with Crippen LogP contribution in [0.15, 0.2) is 0 Å². The lowest BCUT2D eigenvalue weighted by Gasteiger charge is -2.54. The van der Waals surface area contributed by atoms with Crippen molar-refractivity contribution in [3.05, 3.63) is 0 Å². The van der Waals surface area contributed by atoms with Crippen LogP contribution in [-0.2, 0) is 4.79 Å². The normalized spacial score (nSPS) is 35.2. The second-order valence-electron chi connectivity index (χ2n) is 8.47. The summed E-state index contributed by atoms with van der Waals surface area (Å²) >= 11 is 0. The Morgan fingerprint density at radius 1 is 1.21 bits per heavy atom. The van der Waals surface area contributed by atoms with Crippen molar-refractivity contribution in [2.75, 3.05) is 13.1 Å². The lowest BCUT2D eigenvalue weighted by Crippen LogP contribution is -2.57. The van der Waals surface area contributed by atoms with E-state index in [2.05, 4.69) is 18.3 Å². The number of fused-ring (bicyclic) bond motifs is 3. The molecule has 2 bridgehead atoms. The molecule has 0 radical (unpaired) electrons. The van der Waals surface area contributed by atoms with Gasteiger partial charge in [-0.25, -0.2) is 0 Å². The minimum atomic E-state index is -0.194. The van der Waals surface area contributed by atoms with E-state index in [1.54, 1.807) is 4.90 Å². The topological polar surface area (TPSA) is 56.1 Å². The predicted molar refractivity (Wildman–Crippen MR) is 95.4 cm³/mol. The zero-order chi connectivity index (χ0) is 17.0. The molecule has 4 rings (SSSR count). The first kappa shape index (κ1) is 17.7. The molecule has 1 aliphatic heterocycles. The van der Waals surface area contributed by atoms with Gasteiger partial charge in [-0.2, -0.15) is 5.26 Å². The molecule has 1 N–H and O–H groups in total. The van der Waals surface area contributed by atoms with E-state index in [9.17, 15) is 4.79 Å². The van der Waals surface area contributed by atoms with Crippen LogP contribution in [0.5, 0.6) is 0 Å². The molecule has 1 saturated heterocycles. The maximum absolute atomic E-state index is 12.5. The number of unbranched alkanes of at least 4 members (excludes halogenated alkanes) is 2. The van der Waals surface area contributed by atoms with Gasteiger partial charge < -0.3 is 10.2 Å². The van der Waals surface area contributed by atoms with Crippen LogP contribution < -0.4 is 5.32 Å². The first-order valence-corrected chi connectivity index (χ1v) is 10.1. The fourth-order valence-corrected chi connectivity index (χ4v) is 5.22. The molecule has 1 amide bonds. The molecule has 4 fully saturated rings. The van der Waals surface area contributed by atoms with Gasteiger partial charge in [0.05, 0.1) is 12.6 Å². The second-order valence-corrected chi connectivity index (χ2v) is 8.47. The molecular weight excluding hydrogens is 298 g/mol. The number of nitrogens with one attached hydrogen (secondary N) is 1. The summed E-state index contributed by atoms with van der Waals surface area (Å²) in [5.41, 5.74) is 0.813. The van der Waals surface area contributed by atoms with Gasteiger partial charge in [-0.3, -0.25) is 4.79 Å². The maximum atomic E-state index is 12.5. The van der Waals surface area contributed by atoms with Crippen molar-refractivity contribution < 1.29 is 4.79 Å². The smallest absolute Gasteiger partial charge is 0.237 e. The van der Waals surface area contributed by atoms with Crippen LogP contribution in [-0.4, -0.2) is 35.5 Å². The summed E-state index contributed by atoms with van der Waals surface area (Å²) < 4.78 is 0. The molecule has 134 valence electrons. The zero-order valence-corrected chi connectivity index (χ0v) is 15.3. The van der Waals surface area contributed by atoms with E-state index in [1.807, 2.05) is 0 Å². The van der Waals surface area contributed by atoms with Crippen molar-refractivity contribution in [3.8, 4) is 6.07 Å². The number of hydrogen-bond donors (Lipinski definition) is 1. The van der Waals surface area contributed by atoms with Crippen molar-refractivity contribution in [2.24, 2.45) is 5.41 Å².